The molecule has 0 fully saturated rings. The van der Waals surface area contributed by atoms with Gasteiger partial charge in [-0.15, -0.1) is 11.3 Å². The fourth-order valence-corrected chi connectivity index (χ4v) is 6.20. The maximum atomic E-state index is 12.8. The van der Waals surface area contributed by atoms with E-state index in [1.165, 1.54) is 15.6 Å². The van der Waals surface area contributed by atoms with Gasteiger partial charge >= 0.3 is 0 Å². The van der Waals surface area contributed by atoms with Crippen LogP contribution in [-0.2, 0) is 16.6 Å². The highest BCUT2D eigenvalue weighted by Gasteiger charge is 2.30. The number of nitrogens with zero attached hydrogens (tertiary/aromatic N) is 1. The van der Waals surface area contributed by atoms with Crippen LogP contribution in [0.3, 0.4) is 0 Å². The summed E-state index contributed by atoms with van der Waals surface area (Å²) in [5.74, 6) is 0. The van der Waals surface area contributed by atoms with Crippen molar-refractivity contribution in [3.05, 3.63) is 50.8 Å². The molecule has 0 saturated carbocycles. The number of sulfonamides is 1. The first-order chi connectivity index (χ1) is 9.82. The molecule has 2 aromatic rings. The summed E-state index contributed by atoms with van der Waals surface area (Å²) in [5, 5.41) is 2.36. The van der Waals surface area contributed by atoms with Crippen LogP contribution in [-0.4, -0.2) is 18.8 Å². The molecule has 0 aliphatic heterocycles. The van der Waals surface area contributed by atoms with E-state index in [-0.39, 0.29) is 6.04 Å². The van der Waals surface area contributed by atoms with Gasteiger partial charge in [-0.25, -0.2) is 8.42 Å². The first kappa shape index (κ1) is 17.0. The molecule has 2 rings (SSSR count). The average molecular weight is 409 g/mol. The van der Waals surface area contributed by atoms with Crippen LogP contribution in [0.1, 0.15) is 19.4 Å². The van der Waals surface area contributed by atoms with Crippen LogP contribution in [0.2, 0.25) is 5.02 Å². The van der Waals surface area contributed by atoms with Crippen molar-refractivity contribution >= 4 is 48.9 Å². The van der Waals surface area contributed by atoms with E-state index >= 15 is 0 Å². The first-order valence-electron chi connectivity index (χ1n) is 6.31. The predicted molar refractivity (Wildman–Crippen MR) is 91.3 cm³/mol. The van der Waals surface area contributed by atoms with E-state index in [4.69, 9.17) is 11.6 Å². The Bertz CT molecular complexity index is 728. The molecular formula is C14H15BrClNO2S2. The van der Waals surface area contributed by atoms with Crippen molar-refractivity contribution in [3.8, 4) is 0 Å². The molecule has 0 spiro atoms. The summed E-state index contributed by atoms with van der Waals surface area (Å²) in [6.07, 6.45) is 0. The monoisotopic (exact) mass is 407 g/mol. The van der Waals surface area contributed by atoms with Gasteiger partial charge in [-0.05, 0) is 58.9 Å². The highest BCUT2D eigenvalue weighted by Crippen LogP contribution is 2.32. The maximum Gasteiger partial charge on any atom is 0.254 e. The molecule has 1 aromatic carbocycles. The number of halogens is 2. The van der Waals surface area contributed by atoms with Gasteiger partial charge in [0.25, 0.3) is 10.0 Å². The summed E-state index contributed by atoms with van der Waals surface area (Å²) in [4.78, 5) is 0. The number of hydrogen-bond acceptors (Lipinski definition) is 3. The Morgan fingerprint density at radius 1 is 1.33 bits per heavy atom. The molecule has 0 saturated heterocycles. The van der Waals surface area contributed by atoms with Gasteiger partial charge in [-0.2, -0.15) is 4.31 Å². The lowest BCUT2D eigenvalue weighted by molar-refractivity contribution is 0.349. The minimum absolute atomic E-state index is 0.150. The maximum absolute atomic E-state index is 12.8. The van der Waals surface area contributed by atoms with Gasteiger partial charge in [-0.3, -0.25) is 0 Å². The molecule has 114 valence electrons. The van der Waals surface area contributed by atoms with E-state index < -0.39 is 10.0 Å². The largest absolute Gasteiger partial charge is 0.254 e. The zero-order chi connectivity index (χ0) is 15.6. The number of thiophene rings is 1. The van der Waals surface area contributed by atoms with E-state index in [0.29, 0.717) is 20.2 Å². The Hall–Kier alpha value is -0.400. The third-order valence-corrected chi connectivity index (χ3v) is 7.84. The number of rotatable bonds is 5. The van der Waals surface area contributed by atoms with E-state index in [0.717, 1.165) is 5.56 Å². The number of hydrogen-bond donors (Lipinski definition) is 0. The molecule has 0 atom stereocenters. The van der Waals surface area contributed by atoms with Gasteiger partial charge in [-0.1, -0.05) is 23.7 Å². The van der Waals surface area contributed by atoms with Crippen LogP contribution >= 0.6 is 38.9 Å². The van der Waals surface area contributed by atoms with Gasteiger partial charge < -0.3 is 0 Å². The molecule has 1 heterocycles. The second-order valence-corrected chi connectivity index (χ2v) is 9.12. The van der Waals surface area contributed by atoms with Crippen molar-refractivity contribution in [1.82, 2.24) is 4.31 Å². The van der Waals surface area contributed by atoms with Crippen LogP contribution < -0.4 is 0 Å². The SMILES string of the molecule is CC(C)N(Cc1cccc(Cl)c1)S(=O)(=O)c1sccc1Br. The molecule has 3 nitrogen and oxygen atoms in total. The Morgan fingerprint density at radius 3 is 2.57 bits per heavy atom. The second kappa shape index (κ2) is 6.79. The highest BCUT2D eigenvalue weighted by atomic mass is 79.9. The molecule has 0 N–H and O–H groups in total. The van der Waals surface area contributed by atoms with Gasteiger partial charge in [0, 0.05) is 22.1 Å². The minimum atomic E-state index is -3.54. The van der Waals surface area contributed by atoms with E-state index in [9.17, 15) is 8.42 Å². The van der Waals surface area contributed by atoms with Gasteiger partial charge in [0.05, 0.1) is 0 Å². The van der Waals surface area contributed by atoms with Crippen LogP contribution in [0.5, 0.6) is 0 Å². The summed E-state index contributed by atoms with van der Waals surface area (Å²) in [7, 11) is -3.54. The zero-order valence-electron chi connectivity index (χ0n) is 11.6. The second-order valence-electron chi connectivity index (χ2n) is 4.83. The lowest BCUT2D eigenvalue weighted by atomic mass is 10.2. The topological polar surface area (TPSA) is 37.4 Å². The zero-order valence-corrected chi connectivity index (χ0v) is 15.6. The first-order valence-corrected chi connectivity index (χ1v) is 9.80. The normalized spacial score (nSPS) is 12.3. The Labute approximate surface area is 142 Å². The quantitative estimate of drug-likeness (QED) is 0.715. The van der Waals surface area contributed by atoms with Gasteiger partial charge in [0.15, 0.2) is 0 Å². The highest BCUT2D eigenvalue weighted by molar-refractivity contribution is 9.10. The summed E-state index contributed by atoms with van der Waals surface area (Å²) in [6.45, 7) is 4.03. The molecular weight excluding hydrogens is 394 g/mol. The fourth-order valence-electron chi connectivity index (χ4n) is 1.93. The molecule has 0 radical (unpaired) electrons. The number of benzene rings is 1. The molecule has 0 unspecified atom stereocenters. The van der Waals surface area contributed by atoms with E-state index in [1.54, 1.807) is 23.6 Å². The lowest BCUT2D eigenvalue weighted by Gasteiger charge is -2.25. The Balaban J connectivity index is 2.38. The van der Waals surface area contributed by atoms with Crippen molar-refractivity contribution in [2.75, 3.05) is 0 Å². The molecule has 0 bridgehead atoms. The molecule has 21 heavy (non-hydrogen) atoms. The van der Waals surface area contributed by atoms with Crippen LogP contribution in [0.4, 0.5) is 0 Å². The molecule has 1 aromatic heterocycles. The fraction of sp³-hybridized carbons (Fsp3) is 0.286. The van der Waals surface area contributed by atoms with Crippen molar-refractivity contribution in [2.45, 2.75) is 30.6 Å². The van der Waals surface area contributed by atoms with Gasteiger partial charge in [0.1, 0.15) is 4.21 Å². The van der Waals surface area contributed by atoms with Crippen LogP contribution in [0, 0.1) is 0 Å². The summed E-state index contributed by atoms with van der Waals surface area (Å²) < 4.78 is 28.1. The van der Waals surface area contributed by atoms with Crippen molar-refractivity contribution in [1.29, 1.82) is 0 Å². The smallest absolute Gasteiger partial charge is 0.206 e. The minimum Gasteiger partial charge on any atom is -0.206 e. The standard InChI is InChI=1S/C14H15BrClNO2S2/c1-10(2)17(9-11-4-3-5-12(16)8-11)21(18,19)14-13(15)6-7-20-14/h3-8,10H,9H2,1-2H3. The van der Waals surface area contributed by atoms with Crippen LogP contribution in [0.15, 0.2) is 44.4 Å². The molecule has 0 aliphatic carbocycles. The molecule has 7 heteroatoms. The third-order valence-electron chi connectivity index (χ3n) is 2.93. The van der Waals surface area contributed by atoms with Gasteiger partial charge in [0.2, 0.25) is 0 Å². The van der Waals surface area contributed by atoms with E-state index in [1.807, 2.05) is 26.0 Å². The summed E-state index contributed by atoms with van der Waals surface area (Å²) in [6, 6.07) is 8.85. The molecule has 0 aliphatic rings. The van der Waals surface area contributed by atoms with Crippen LogP contribution in [0.25, 0.3) is 0 Å². The summed E-state index contributed by atoms with van der Waals surface area (Å²) >= 11 is 10.5. The molecule has 0 amide bonds. The lowest BCUT2D eigenvalue weighted by Crippen LogP contribution is -2.36. The van der Waals surface area contributed by atoms with Crippen molar-refractivity contribution in [3.63, 3.8) is 0 Å². The average Bonchev–Trinajstić information content (AvgIpc) is 2.82. The Morgan fingerprint density at radius 2 is 2.05 bits per heavy atom. The van der Waals surface area contributed by atoms with Crippen molar-refractivity contribution < 1.29 is 8.42 Å². The van der Waals surface area contributed by atoms with Crippen molar-refractivity contribution in [2.24, 2.45) is 0 Å². The summed E-state index contributed by atoms with van der Waals surface area (Å²) in [5.41, 5.74) is 0.868. The van der Waals surface area contributed by atoms with E-state index in [2.05, 4.69) is 15.9 Å². The third kappa shape index (κ3) is 3.87. The Kier molecular flexibility index (Phi) is 5.48. The predicted octanol–water partition coefficient (Wildman–Crippen LogP) is 4.76.